The molecule has 2 bridgehead atoms. The molecule has 0 saturated heterocycles. The summed E-state index contributed by atoms with van der Waals surface area (Å²) in [5, 5.41) is 10.4. The highest BCUT2D eigenvalue weighted by Crippen LogP contribution is 2.30. The number of nitrogens with zero attached hydrogens (tertiary/aromatic N) is 1. The van der Waals surface area contributed by atoms with Gasteiger partial charge in [-0.2, -0.15) is 0 Å². The minimum absolute atomic E-state index is 0.161. The lowest BCUT2D eigenvalue weighted by Crippen LogP contribution is -2.06. The first-order valence-corrected chi connectivity index (χ1v) is 3.17. The molecule has 4 heteroatoms. The summed E-state index contributed by atoms with van der Waals surface area (Å²) in [6, 6.07) is 4.89. The largest absolute Gasteiger partial charge is 0.488 e. The summed E-state index contributed by atoms with van der Waals surface area (Å²) < 4.78 is 5.07. The van der Waals surface area contributed by atoms with Gasteiger partial charge in [0.15, 0.2) is 0 Å². The van der Waals surface area contributed by atoms with Gasteiger partial charge in [-0.3, -0.25) is 10.1 Å². The predicted molar refractivity (Wildman–Crippen MR) is 37.4 cm³/mol. The van der Waals surface area contributed by atoms with E-state index in [0.717, 1.165) is 0 Å². The Morgan fingerprint density at radius 2 is 2.36 bits per heavy atom. The molecule has 2 heterocycles. The van der Waals surface area contributed by atoms with Crippen molar-refractivity contribution in [2.24, 2.45) is 0 Å². The molecule has 4 nitrogen and oxygen atoms in total. The molecule has 0 fully saturated rings. The maximum Gasteiger partial charge on any atom is 0.279 e. The fourth-order valence-corrected chi connectivity index (χ4v) is 1.09. The van der Waals surface area contributed by atoms with Crippen LogP contribution in [0.2, 0.25) is 0 Å². The molecule has 0 spiro atoms. The number of hydrogen-bond acceptors (Lipinski definition) is 3. The van der Waals surface area contributed by atoms with Crippen LogP contribution < -0.4 is 4.74 Å². The van der Waals surface area contributed by atoms with Crippen molar-refractivity contribution in [3.05, 3.63) is 33.9 Å². The van der Waals surface area contributed by atoms with Gasteiger partial charge in [0.05, 0.1) is 16.6 Å². The number of ether oxygens (including phenoxy) is 1. The Balaban J connectivity index is 2.60. The smallest absolute Gasteiger partial charge is 0.279 e. The lowest BCUT2D eigenvalue weighted by atomic mass is 10.1. The quantitative estimate of drug-likeness (QED) is 0.451. The SMILES string of the molecule is O=[N+]([O-])c1cc2ccc1CO2. The van der Waals surface area contributed by atoms with Crippen molar-refractivity contribution < 1.29 is 9.66 Å². The van der Waals surface area contributed by atoms with Crippen molar-refractivity contribution in [2.45, 2.75) is 6.61 Å². The molecule has 0 radical (unpaired) electrons. The zero-order chi connectivity index (χ0) is 7.84. The van der Waals surface area contributed by atoms with Crippen LogP contribution >= 0.6 is 0 Å². The number of fused-ring (bicyclic) bond motifs is 3. The van der Waals surface area contributed by atoms with Crippen LogP contribution in [0.25, 0.3) is 0 Å². The molecular weight excluding hydrogens is 146 g/mol. The fourth-order valence-electron chi connectivity index (χ4n) is 1.09. The number of hydrogen-bond donors (Lipinski definition) is 0. The van der Waals surface area contributed by atoms with Crippen LogP contribution in [0.5, 0.6) is 5.75 Å². The minimum Gasteiger partial charge on any atom is -0.488 e. The van der Waals surface area contributed by atoms with Crippen molar-refractivity contribution in [2.75, 3.05) is 0 Å². The normalized spacial score (nSPS) is 12.7. The second kappa shape index (κ2) is 1.95. The molecular formula is C7H5NO3. The number of nitro groups is 1. The van der Waals surface area contributed by atoms with E-state index in [0.29, 0.717) is 17.9 Å². The summed E-state index contributed by atoms with van der Waals surface area (Å²) >= 11 is 0. The van der Waals surface area contributed by atoms with Gasteiger partial charge in [-0.15, -0.1) is 0 Å². The lowest BCUT2D eigenvalue weighted by molar-refractivity contribution is -0.386. The monoisotopic (exact) mass is 151 g/mol. The molecule has 2 aliphatic rings. The molecule has 0 aliphatic carbocycles. The zero-order valence-electron chi connectivity index (χ0n) is 5.61. The molecule has 0 N–H and O–H groups in total. The van der Waals surface area contributed by atoms with Crippen LogP contribution in [0.1, 0.15) is 5.56 Å². The first kappa shape index (κ1) is 6.15. The van der Waals surface area contributed by atoms with E-state index in [1.54, 1.807) is 12.1 Å². The molecule has 56 valence electrons. The fraction of sp³-hybridized carbons (Fsp3) is 0.143. The maximum absolute atomic E-state index is 10.4. The van der Waals surface area contributed by atoms with E-state index in [2.05, 4.69) is 0 Å². The van der Waals surface area contributed by atoms with Crippen molar-refractivity contribution in [1.29, 1.82) is 0 Å². The van der Waals surface area contributed by atoms with Crippen LogP contribution in [-0.2, 0) is 6.61 Å². The first-order valence-electron chi connectivity index (χ1n) is 3.17. The van der Waals surface area contributed by atoms with Gasteiger partial charge in [0.1, 0.15) is 12.4 Å². The molecule has 11 heavy (non-hydrogen) atoms. The lowest BCUT2D eigenvalue weighted by Gasteiger charge is -2.13. The summed E-state index contributed by atoms with van der Waals surface area (Å²) in [6.07, 6.45) is 0. The van der Waals surface area contributed by atoms with Gasteiger partial charge in [0.25, 0.3) is 5.69 Å². The third-order valence-electron chi connectivity index (χ3n) is 1.65. The predicted octanol–water partition coefficient (Wildman–Crippen LogP) is 1.49. The molecule has 0 atom stereocenters. The van der Waals surface area contributed by atoms with E-state index in [4.69, 9.17) is 4.74 Å². The van der Waals surface area contributed by atoms with Gasteiger partial charge in [-0.25, -0.2) is 0 Å². The van der Waals surface area contributed by atoms with Crippen molar-refractivity contribution >= 4 is 5.69 Å². The standard InChI is InChI=1S/C7H5NO3/c9-8(10)7-3-6-2-1-5(7)4-11-6/h1-3H,4H2. The van der Waals surface area contributed by atoms with Gasteiger partial charge in [0, 0.05) is 0 Å². The molecule has 0 unspecified atom stereocenters. The van der Waals surface area contributed by atoms with E-state index < -0.39 is 0 Å². The maximum atomic E-state index is 10.4. The Kier molecular flexibility index (Phi) is 1.09. The van der Waals surface area contributed by atoms with Crippen molar-refractivity contribution in [3.8, 4) is 5.75 Å². The molecule has 3 rings (SSSR count). The van der Waals surface area contributed by atoms with Gasteiger partial charge in [-0.05, 0) is 12.1 Å². The van der Waals surface area contributed by atoms with Crippen LogP contribution in [-0.4, -0.2) is 4.92 Å². The van der Waals surface area contributed by atoms with Crippen molar-refractivity contribution in [3.63, 3.8) is 0 Å². The van der Waals surface area contributed by atoms with E-state index in [1.165, 1.54) is 6.07 Å². The van der Waals surface area contributed by atoms with E-state index in [1.807, 2.05) is 0 Å². The second-order valence-corrected chi connectivity index (χ2v) is 2.34. The van der Waals surface area contributed by atoms with Gasteiger partial charge in [-0.1, -0.05) is 0 Å². The summed E-state index contributed by atoms with van der Waals surface area (Å²) in [7, 11) is 0. The Labute approximate surface area is 62.6 Å². The average Bonchev–Trinajstić information content (AvgIpc) is 2.06. The zero-order valence-corrected chi connectivity index (χ0v) is 5.61. The first-order chi connectivity index (χ1) is 5.27. The Hall–Kier alpha value is -1.58. The highest BCUT2D eigenvalue weighted by molar-refractivity contribution is 5.48. The van der Waals surface area contributed by atoms with E-state index in [9.17, 15) is 10.1 Å². The summed E-state index contributed by atoms with van der Waals surface area (Å²) in [4.78, 5) is 9.97. The highest BCUT2D eigenvalue weighted by atomic mass is 16.6. The van der Waals surface area contributed by atoms with Gasteiger partial charge < -0.3 is 4.74 Å². The molecule has 1 aromatic rings. The summed E-state index contributed by atoms with van der Waals surface area (Å²) in [6.45, 7) is 0.332. The highest BCUT2D eigenvalue weighted by Gasteiger charge is 2.19. The number of nitro benzene ring substituents is 1. The van der Waals surface area contributed by atoms with Crippen LogP contribution in [0.4, 0.5) is 5.69 Å². The topological polar surface area (TPSA) is 52.4 Å². The number of benzene rings is 1. The Morgan fingerprint density at radius 3 is 2.64 bits per heavy atom. The molecule has 0 saturated carbocycles. The van der Waals surface area contributed by atoms with Crippen LogP contribution in [0.3, 0.4) is 0 Å². The Bertz CT molecular complexity index is 321. The summed E-state index contributed by atoms with van der Waals surface area (Å²) in [5.74, 6) is 0.576. The molecule has 2 aliphatic heterocycles. The molecule has 1 aromatic carbocycles. The molecule has 0 amide bonds. The average molecular weight is 151 g/mol. The molecule has 0 aromatic heterocycles. The third-order valence-corrected chi connectivity index (χ3v) is 1.65. The second-order valence-electron chi connectivity index (χ2n) is 2.34. The van der Waals surface area contributed by atoms with E-state index >= 15 is 0 Å². The Morgan fingerprint density at radius 1 is 1.55 bits per heavy atom. The number of rotatable bonds is 1. The van der Waals surface area contributed by atoms with Gasteiger partial charge in [0.2, 0.25) is 0 Å². The van der Waals surface area contributed by atoms with Gasteiger partial charge >= 0.3 is 0 Å². The van der Waals surface area contributed by atoms with Crippen molar-refractivity contribution in [1.82, 2.24) is 0 Å². The van der Waals surface area contributed by atoms with Crippen LogP contribution in [0.15, 0.2) is 18.2 Å². The minimum atomic E-state index is -0.388. The van der Waals surface area contributed by atoms with Crippen LogP contribution in [0, 0.1) is 10.1 Å². The summed E-state index contributed by atoms with van der Waals surface area (Å²) in [5.41, 5.74) is 0.804. The third kappa shape index (κ3) is 0.832. The van der Waals surface area contributed by atoms with E-state index in [-0.39, 0.29) is 10.6 Å².